The van der Waals surface area contributed by atoms with Gasteiger partial charge in [-0.25, -0.2) is 8.78 Å². The van der Waals surface area contributed by atoms with Gasteiger partial charge in [0.15, 0.2) is 0 Å². The number of ether oxygens (including phenoxy) is 1. The van der Waals surface area contributed by atoms with Gasteiger partial charge in [0.1, 0.15) is 0 Å². The van der Waals surface area contributed by atoms with Crippen molar-refractivity contribution >= 4 is 0 Å². The number of nitrogens with zero attached hydrogens (tertiary/aromatic N) is 1. The second-order valence-corrected chi connectivity index (χ2v) is 4.22. The summed E-state index contributed by atoms with van der Waals surface area (Å²) >= 11 is 0. The van der Waals surface area contributed by atoms with Gasteiger partial charge in [0.05, 0.1) is 12.0 Å². The highest BCUT2D eigenvalue weighted by atomic mass is 19.3. The Morgan fingerprint density at radius 1 is 1.38 bits per heavy atom. The Kier molecular flexibility index (Phi) is 2.07. The van der Waals surface area contributed by atoms with Crippen molar-refractivity contribution in [2.75, 3.05) is 33.4 Å². The Hall–Kier alpha value is -0.220. The Balaban J connectivity index is 1.91. The number of rotatable bonds is 4. The van der Waals surface area contributed by atoms with Crippen LogP contribution in [0.3, 0.4) is 0 Å². The van der Waals surface area contributed by atoms with E-state index in [-0.39, 0.29) is 13.0 Å². The number of alkyl halides is 2. The molecule has 13 heavy (non-hydrogen) atoms. The SMILES string of the molecule is COC[C@]1(CN2CCC2)CC1(F)F. The van der Waals surface area contributed by atoms with Gasteiger partial charge in [-0.3, -0.25) is 0 Å². The van der Waals surface area contributed by atoms with Gasteiger partial charge in [-0.2, -0.15) is 0 Å². The van der Waals surface area contributed by atoms with E-state index < -0.39 is 11.3 Å². The fraction of sp³-hybridized carbons (Fsp3) is 1.00. The maximum atomic E-state index is 13.1. The van der Waals surface area contributed by atoms with Gasteiger partial charge in [0.25, 0.3) is 5.92 Å². The predicted octanol–water partition coefficient (Wildman–Crippen LogP) is 1.36. The topological polar surface area (TPSA) is 12.5 Å². The molecule has 0 N–H and O–H groups in total. The maximum absolute atomic E-state index is 13.1. The quantitative estimate of drug-likeness (QED) is 0.665. The third-order valence-corrected chi connectivity index (χ3v) is 3.11. The Morgan fingerprint density at radius 3 is 2.31 bits per heavy atom. The van der Waals surface area contributed by atoms with E-state index in [0.717, 1.165) is 19.5 Å². The summed E-state index contributed by atoms with van der Waals surface area (Å²) < 4.78 is 31.0. The molecule has 0 aromatic carbocycles. The molecule has 1 saturated carbocycles. The van der Waals surface area contributed by atoms with Crippen LogP contribution in [0.1, 0.15) is 12.8 Å². The third-order valence-electron chi connectivity index (χ3n) is 3.11. The highest BCUT2D eigenvalue weighted by Gasteiger charge is 2.71. The predicted molar refractivity (Wildman–Crippen MR) is 44.9 cm³/mol. The molecule has 2 fully saturated rings. The van der Waals surface area contributed by atoms with Crippen LogP contribution in [0.25, 0.3) is 0 Å². The highest BCUT2D eigenvalue weighted by molar-refractivity contribution is 5.12. The van der Waals surface area contributed by atoms with Gasteiger partial charge in [0.2, 0.25) is 0 Å². The number of methoxy groups -OCH3 is 1. The number of hydrogen-bond donors (Lipinski definition) is 0. The molecular formula is C9H15F2NO. The fourth-order valence-electron chi connectivity index (χ4n) is 2.00. The third kappa shape index (κ3) is 1.46. The molecule has 1 atom stereocenters. The van der Waals surface area contributed by atoms with E-state index in [0.29, 0.717) is 6.54 Å². The first-order valence-corrected chi connectivity index (χ1v) is 4.69. The van der Waals surface area contributed by atoms with Crippen LogP contribution in [0.4, 0.5) is 8.78 Å². The van der Waals surface area contributed by atoms with Gasteiger partial charge >= 0.3 is 0 Å². The lowest BCUT2D eigenvalue weighted by atomic mass is 10.0. The minimum atomic E-state index is -2.49. The number of halogens is 2. The normalized spacial score (nSPS) is 37.2. The van der Waals surface area contributed by atoms with Gasteiger partial charge in [-0.15, -0.1) is 0 Å². The number of hydrogen-bond acceptors (Lipinski definition) is 2. The summed E-state index contributed by atoms with van der Waals surface area (Å²) in [6.45, 7) is 2.65. The molecule has 0 aromatic rings. The first kappa shape index (κ1) is 9.34. The first-order chi connectivity index (χ1) is 6.10. The molecule has 0 aromatic heterocycles. The van der Waals surface area contributed by atoms with Crippen molar-refractivity contribution in [3.05, 3.63) is 0 Å². The lowest BCUT2D eigenvalue weighted by molar-refractivity contribution is -0.00378. The Morgan fingerprint density at radius 2 is 2.00 bits per heavy atom. The van der Waals surface area contributed by atoms with E-state index in [9.17, 15) is 8.78 Å². The van der Waals surface area contributed by atoms with E-state index in [2.05, 4.69) is 4.90 Å². The molecular weight excluding hydrogens is 176 g/mol. The van der Waals surface area contributed by atoms with Gasteiger partial charge < -0.3 is 9.64 Å². The van der Waals surface area contributed by atoms with Crippen molar-refractivity contribution in [3.8, 4) is 0 Å². The summed E-state index contributed by atoms with van der Waals surface area (Å²) in [5.74, 6) is -2.49. The molecule has 1 saturated heterocycles. The zero-order chi connectivity index (χ0) is 9.53. The average molecular weight is 191 g/mol. The molecule has 2 nitrogen and oxygen atoms in total. The van der Waals surface area contributed by atoms with Crippen LogP contribution in [0.5, 0.6) is 0 Å². The molecule has 0 spiro atoms. The van der Waals surface area contributed by atoms with E-state index in [1.807, 2.05) is 0 Å². The first-order valence-electron chi connectivity index (χ1n) is 4.69. The van der Waals surface area contributed by atoms with Crippen LogP contribution >= 0.6 is 0 Å². The molecule has 4 heteroatoms. The van der Waals surface area contributed by atoms with Crippen LogP contribution in [-0.4, -0.2) is 44.2 Å². The molecule has 1 aliphatic carbocycles. The molecule has 1 aliphatic heterocycles. The Labute approximate surface area is 76.9 Å². The summed E-state index contributed by atoms with van der Waals surface area (Å²) in [5, 5.41) is 0. The summed E-state index contributed by atoms with van der Waals surface area (Å²) in [5.41, 5.74) is -0.859. The smallest absolute Gasteiger partial charge is 0.258 e. The molecule has 0 amide bonds. The van der Waals surface area contributed by atoms with Crippen molar-refractivity contribution < 1.29 is 13.5 Å². The second-order valence-electron chi connectivity index (χ2n) is 4.22. The average Bonchev–Trinajstić information content (AvgIpc) is 2.47. The second kappa shape index (κ2) is 2.89. The largest absolute Gasteiger partial charge is 0.384 e. The minimum Gasteiger partial charge on any atom is -0.384 e. The van der Waals surface area contributed by atoms with Crippen molar-refractivity contribution in [1.29, 1.82) is 0 Å². The van der Waals surface area contributed by atoms with E-state index >= 15 is 0 Å². The van der Waals surface area contributed by atoms with Crippen LogP contribution in [0.2, 0.25) is 0 Å². The molecule has 0 bridgehead atoms. The zero-order valence-electron chi connectivity index (χ0n) is 7.85. The van der Waals surface area contributed by atoms with E-state index in [1.165, 1.54) is 7.11 Å². The fourth-order valence-corrected chi connectivity index (χ4v) is 2.00. The monoisotopic (exact) mass is 191 g/mol. The van der Waals surface area contributed by atoms with Gasteiger partial charge in [0, 0.05) is 20.1 Å². The summed E-state index contributed by atoms with van der Waals surface area (Å²) in [6, 6.07) is 0. The highest BCUT2D eigenvalue weighted by Crippen LogP contribution is 2.61. The maximum Gasteiger partial charge on any atom is 0.258 e. The summed E-state index contributed by atoms with van der Waals surface area (Å²) in [7, 11) is 1.49. The van der Waals surface area contributed by atoms with Crippen molar-refractivity contribution in [2.24, 2.45) is 5.41 Å². The summed E-state index contributed by atoms with van der Waals surface area (Å²) in [6.07, 6.45) is 1.15. The van der Waals surface area contributed by atoms with Crippen molar-refractivity contribution in [3.63, 3.8) is 0 Å². The molecule has 2 rings (SSSR count). The van der Waals surface area contributed by atoms with Crippen LogP contribution in [0.15, 0.2) is 0 Å². The van der Waals surface area contributed by atoms with E-state index in [4.69, 9.17) is 4.74 Å². The zero-order valence-corrected chi connectivity index (χ0v) is 7.85. The standard InChI is InChI=1S/C9H15F2NO/c1-13-7-8(5-9(8,10)11)6-12-3-2-4-12/h2-7H2,1H3/t8-/m1/s1. The number of likely N-dealkylation sites (tertiary alicyclic amines) is 1. The van der Waals surface area contributed by atoms with Gasteiger partial charge in [-0.1, -0.05) is 0 Å². The minimum absolute atomic E-state index is 0.00431. The molecule has 0 radical (unpaired) electrons. The molecule has 76 valence electrons. The van der Waals surface area contributed by atoms with Gasteiger partial charge in [-0.05, 0) is 19.5 Å². The lowest BCUT2D eigenvalue weighted by Crippen LogP contribution is -2.43. The van der Waals surface area contributed by atoms with E-state index in [1.54, 1.807) is 0 Å². The van der Waals surface area contributed by atoms with Crippen molar-refractivity contribution in [2.45, 2.75) is 18.8 Å². The molecule has 0 unspecified atom stereocenters. The van der Waals surface area contributed by atoms with Crippen molar-refractivity contribution in [1.82, 2.24) is 4.90 Å². The van der Waals surface area contributed by atoms with Crippen LogP contribution in [0, 0.1) is 5.41 Å². The Bertz CT molecular complexity index is 206. The van der Waals surface area contributed by atoms with Crippen LogP contribution in [-0.2, 0) is 4.74 Å². The lowest BCUT2D eigenvalue weighted by Gasteiger charge is -2.34. The molecule has 1 heterocycles. The molecule has 2 aliphatic rings. The summed E-state index contributed by atoms with van der Waals surface area (Å²) in [4.78, 5) is 2.08. The van der Waals surface area contributed by atoms with Crippen LogP contribution < -0.4 is 0 Å².